The number of rotatable bonds is 6. The molecule has 0 saturated carbocycles. The number of hydrogen-bond acceptors (Lipinski definition) is 4. The molecule has 0 aromatic carbocycles. The van der Waals surface area contributed by atoms with E-state index in [4.69, 9.17) is 0 Å². The van der Waals surface area contributed by atoms with Crippen molar-refractivity contribution in [1.82, 2.24) is 9.97 Å². The van der Waals surface area contributed by atoms with Gasteiger partial charge in [-0.2, -0.15) is 0 Å². The maximum Gasteiger partial charge on any atom is 0.137 e. The largest absolute Gasteiger partial charge is 0.370 e. The van der Waals surface area contributed by atoms with Crippen LogP contribution in [0.15, 0.2) is 6.33 Å². The van der Waals surface area contributed by atoms with Crippen molar-refractivity contribution < 1.29 is 0 Å². The lowest BCUT2D eigenvalue weighted by molar-refractivity contribution is 0.823. The number of hydrogen-bond donors (Lipinski definition) is 1. The molecule has 0 aliphatic heterocycles. The van der Waals surface area contributed by atoms with Crippen LogP contribution in [0.3, 0.4) is 0 Å². The summed E-state index contributed by atoms with van der Waals surface area (Å²) in [6, 6.07) is 0. The molecule has 0 unspecified atom stereocenters. The second kappa shape index (κ2) is 6.30. The van der Waals surface area contributed by atoms with E-state index in [-0.39, 0.29) is 0 Å². The van der Waals surface area contributed by atoms with Crippen molar-refractivity contribution in [1.29, 1.82) is 0 Å². The molecular weight excluding hydrogens is 200 g/mol. The van der Waals surface area contributed by atoms with Gasteiger partial charge in [0, 0.05) is 25.7 Å². The van der Waals surface area contributed by atoms with Crippen LogP contribution in [-0.2, 0) is 6.42 Å². The van der Waals surface area contributed by atoms with Crippen LogP contribution in [0.2, 0.25) is 0 Å². The van der Waals surface area contributed by atoms with Crippen molar-refractivity contribution in [2.24, 2.45) is 0 Å². The summed E-state index contributed by atoms with van der Waals surface area (Å²) in [5.74, 6) is 2.02. The van der Waals surface area contributed by atoms with Gasteiger partial charge in [-0.25, -0.2) is 9.97 Å². The molecule has 1 N–H and O–H groups in total. The van der Waals surface area contributed by atoms with E-state index in [1.807, 2.05) is 0 Å². The van der Waals surface area contributed by atoms with E-state index < -0.39 is 0 Å². The summed E-state index contributed by atoms with van der Waals surface area (Å²) in [5, 5.41) is 3.29. The molecule has 0 bridgehead atoms. The first-order chi connectivity index (χ1) is 7.74. The van der Waals surface area contributed by atoms with Crippen LogP contribution in [0, 0.1) is 0 Å². The first-order valence-electron chi connectivity index (χ1n) is 6.03. The van der Waals surface area contributed by atoms with Crippen molar-refractivity contribution >= 4 is 11.6 Å². The minimum atomic E-state index is 0.890. The van der Waals surface area contributed by atoms with Gasteiger partial charge in [-0.3, -0.25) is 0 Å². The van der Waals surface area contributed by atoms with Crippen molar-refractivity contribution in [2.45, 2.75) is 33.6 Å². The van der Waals surface area contributed by atoms with Crippen molar-refractivity contribution in [3.63, 3.8) is 0 Å². The molecule has 0 fully saturated rings. The Balaban J connectivity index is 3.02. The van der Waals surface area contributed by atoms with E-state index in [1.165, 1.54) is 5.56 Å². The van der Waals surface area contributed by atoms with E-state index in [0.29, 0.717) is 0 Å². The third kappa shape index (κ3) is 2.84. The Labute approximate surface area is 98.1 Å². The van der Waals surface area contributed by atoms with Crippen LogP contribution >= 0.6 is 0 Å². The van der Waals surface area contributed by atoms with E-state index in [1.54, 1.807) is 6.33 Å². The Morgan fingerprint density at radius 1 is 1.25 bits per heavy atom. The highest BCUT2D eigenvalue weighted by atomic mass is 15.2. The maximum absolute atomic E-state index is 4.39. The molecule has 1 rings (SSSR count). The number of anilines is 2. The van der Waals surface area contributed by atoms with Gasteiger partial charge in [-0.15, -0.1) is 0 Å². The molecule has 1 heterocycles. The molecule has 4 nitrogen and oxygen atoms in total. The zero-order valence-electron chi connectivity index (χ0n) is 10.7. The van der Waals surface area contributed by atoms with Gasteiger partial charge in [0.15, 0.2) is 0 Å². The van der Waals surface area contributed by atoms with Gasteiger partial charge in [-0.05, 0) is 19.8 Å². The van der Waals surface area contributed by atoms with Crippen LogP contribution in [0.4, 0.5) is 11.6 Å². The van der Waals surface area contributed by atoms with Crippen LogP contribution in [-0.4, -0.2) is 30.1 Å². The lowest BCUT2D eigenvalue weighted by atomic mass is 10.2. The number of nitrogens with one attached hydrogen (secondary N) is 1. The summed E-state index contributed by atoms with van der Waals surface area (Å²) in [5.41, 5.74) is 1.21. The lowest BCUT2D eigenvalue weighted by Gasteiger charge is -2.21. The molecular formula is C12H22N4. The molecule has 0 radical (unpaired) electrons. The first kappa shape index (κ1) is 12.7. The standard InChI is InChI=1S/C12H22N4/c1-5-8-16(4)12-10(6-2)11(13-7-3)14-9-15-12/h9H,5-8H2,1-4H3,(H,13,14,15). The zero-order valence-corrected chi connectivity index (χ0v) is 10.7. The molecule has 0 saturated heterocycles. The van der Waals surface area contributed by atoms with Gasteiger partial charge >= 0.3 is 0 Å². The topological polar surface area (TPSA) is 41.1 Å². The highest BCUT2D eigenvalue weighted by Crippen LogP contribution is 2.22. The zero-order chi connectivity index (χ0) is 12.0. The van der Waals surface area contributed by atoms with Gasteiger partial charge in [0.25, 0.3) is 0 Å². The quantitative estimate of drug-likeness (QED) is 0.802. The maximum atomic E-state index is 4.39. The van der Waals surface area contributed by atoms with Crippen molar-refractivity contribution in [2.75, 3.05) is 30.4 Å². The Hall–Kier alpha value is -1.32. The molecule has 0 atom stereocenters. The summed E-state index contributed by atoms with van der Waals surface area (Å²) in [7, 11) is 2.08. The highest BCUT2D eigenvalue weighted by Gasteiger charge is 2.11. The summed E-state index contributed by atoms with van der Waals surface area (Å²) >= 11 is 0. The number of nitrogens with zero attached hydrogens (tertiary/aromatic N) is 3. The average Bonchev–Trinajstić information content (AvgIpc) is 2.29. The van der Waals surface area contributed by atoms with Crippen LogP contribution in [0.1, 0.15) is 32.8 Å². The average molecular weight is 222 g/mol. The minimum Gasteiger partial charge on any atom is -0.370 e. The minimum absolute atomic E-state index is 0.890. The highest BCUT2D eigenvalue weighted by molar-refractivity contribution is 5.58. The summed E-state index contributed by atoms with van der Waals surface area (Å²) < 4.78 is 0. The predicted molar refractivity (Wildman–Crippen MR) is 69.1 cm³/mol. The summed E-state index contributed by atoms with van der Waals surface area (Å²) in [6.07, 6.45) is 3.71. The Morgan fingerprint density at radius 3 is 2.56 bits per heavy atom. The first-order valence-corrected chi connectivity index (χ1v) is 6.03. The van der Waals surface area contributed by atoms with Gasteiger partial charge in [0.2, 0.25) is 0 Å². The molecule has 90 valence electrons. The fourth-order valence-corrected chi connectivity index (χ4v) is 1.82. The second-order valence-electron chi connectivity index (χ2n) is 3.83. The van der Waals surface area contributed by atoms with Gasteiger partial charge in [0.1, 0.15) is 18.0 Å². The molecule has 4 heteroatoms. The SMILES string of the molecule is CCCN(C)c1ncnc(NCC)c1CC. The normalized spacial score (nSPS) is 10.2. The van der Waals surface area contributed by atoms with E-state index in [0.717, 1.165) is 37.6 Å². The monoisotopic (exact) mass is 222 g/mol. The third-order valence-electron chi connectivity index (χ3n) is 2.54. The van der Waals surface area contributed by atoms with E-state index >= 15 is 0 Å². The van der Waals surface area contributed by atoms with Crippen LogP contribution in [0.25, 0.3) is 0 Å². The summed E-state index contributed by atoms with van der Waals surface area (Å²) in [6.45, 7) is 8.31. The van der Waals surface area contributed by atoms with E-state index in [2.05, 4.69) is 48.0 Å². The Kier molecular flexibility index (Phi) is 5.02. The van der Waals surface area contributed by atoms with Gasteiger partial charge in [-0.1, -0.05) is 13.8 Å². The van der Waals surface area contributed by atoms with Gasteiger partial charge < -0.3 is 10.2 Å². The predicted octanol–water partition coefficient (Wildman–Crippen LogP) is 2.32. The lowest BCUT2D eigenvalue weighted by Crippen LogP contribution is -2.21. The Morgan fingerprint density at radius 2 is 2.00 bits per heavy atom. The summed E-state index contributed by atoms with van der Waals surface area (Å²) in [4.78, 5) is 10.9. The van der Waals surface area contributed by atoms with E-state index in [9.17, 15) is 0 Å². The fourth-order valence-electron chi connectivity index (χ4n) is 1.82. The van der Waals surface area contributed by atoms with Crippen molar-refractivity contribution in [3.8, 4) is 0 Å². The molecule has 1 aromatic rings. The van der Waals surface area contributed by atoms with Crippen LogP contribution in [0.5, 0.6) is 0 Å². The van der Waals surface area contributed by atoms with Crippen LogP contribution < -0.4 is 10.2 Å². The number of aromatic nitrogens is 2. The van der Waals surface area contributed by atoms with Gasteiger partial charge in [0.05, 0.1) is 0 Å². The Bertz CT molecular complexity index is 325. The van der Waals surface area contributed by atoms with Crippen molar-refractivity contribution in [3.05, 3.63) is 11.9 Å². The third-order valence-corrected chi connectivity index (χ3v) is 2.54. The molecule has 0 aliphatic rings. The molecule has 0 aliphatic carbocycles. The molecule has 0 amide bonds. The smallest absolute Gasteiger partial charge is 0.137 e. The molecule has 16 heavy (non-hydrogen) atoms. The molecule has 0 spiro atoms. The fraction of sp³-hybridized carbons (Fsp3) is 0.667. The second-order valence-corrected chi connectivity index (χ2v) is 3.83. The molecule has 1 aromatic heterocycles.